The average molecular weight is 126 g/mol. The van der Waals surface area contributed by atoms with E-state index >= 15 is 0 Å². The second kappa shape index (κ2) is 9.67. The van der Waals surface area contributed by atoms with Gasteiger partial charge < -0.3 is 4.74 Å². The Morgan fingerprint density at radius 1 is 1.44 bits per heavy atom. The summed E-state index contributed by atoms with van der Waals surface area (Å²) in [5, 5.41) is 14.5. The summed E-state index contributed by atoms with van der Waals surface area (Å²) in [5.41, 5.74) is 0. The highest BCUT2D eigenvalue weighted by Gasteiger charge is 1.75. The van der Waals surface area contributed by atoms with Crippen molar-refractivity contribution >= 4 is 5.97 Å². The van der Waals surface area contributed by atoms with Gasteiger partial charge in [0.25, 0.3) is 0 Å². The van der Waals surface area contributed by atoms with Gasteiger partial charge in [-0.05, 0) is 0 Å². The minimum atomic E-state index is -0.245. The lowest BCUT2D eigenvalue weighted by Crippen LogP contribution is -1.88. The minimum Gasteiger partial charge on any atom is -0.469 e. The van der Waals surface area contributed by atoms with E-state index in [2.05, 4.69) is 4.74 Å². The number of hydrogen-bond donors (Lipinski definition) is 0. The van der Waals surface area contributed by atoms with E-state index in [0.29, 0.717) is 0 Å². The number of carbonyl (C=O) groups excluding carboxylic acids is 1. The first-order valence-corrected chi connectivity index (χ1v) is 2.01. The maximum atomic E-state index is 9.59. The molecular weight excluding hydrogens is 120 g/mol. The highest BCUT2D eigenvalue weighted by molar-refractivity contribution is 5.65. The second-order valence-corrected chi connectivity index (χ2v) is 0.919. The second-order valence-electron chi connectivity index (χ2n) is 0.919. The molecule has 9 heavy (non-hydrogen) atoms. The van der Waals surface area contributed by atoms with Crippen LogP contribution in [0.5, 0.6) is 0 Å². The average Bonchev–Trinajstić information content (AvgIpc) is 1.89. The Hall–Kier alpha value is -1.55. The van der Waals surface area contributed by atoms with E-state index in [1.165, 1.54) is 26.2 Å². The number of hydrogen-bond acceptors (Lipinski definition) is 4. The van der Waals surface area contributed by atoms with Crippen molar-refractivity contribution in [3.05, 3.63) is 0 Å². The molecule has 0 radical (unpaired) electrons. The number of esters is 1. The van der Waals surface area contributed by atoms with Crippen LogP contribution < -0.4 is 0 Å². The van der Waals surface area contributed by atoms with E-state index in [9.17, 15) is 4.79 Å². The maximum absolute atomic E-state index is 9.59. The zero-order chi connectivity index (χ0) is 7.70. The fourth-order valence-electron chi connectivity index (χ4n) is 0. The van der Waals surface area contributed by atoms with Gasteiger partial charge in [0, 0.05) is 6.92 Å². The third kappa shape index (κ3) is 60.7. The molecule has 0 saturated heterocycles. The molecule has 0 N–H and O–H groups in total. The first kappa shape index (κ1) is 10.4. The van der Waals surface area contributed by atoms with Crippen LogP contribution >= 0.6 is 0 Å². The molecule has 48 valence electrons. The van der Waals surface area contributed by atoms with E-state index in [4.69, 9.17) is 10.5 Å². The van der Waals surface area contributed by atoms with E-state index in [0.717, 1.165) is 0 Å². The Kier molecular flexibility index (Phi) is 11.2. The lowest BCUT2D eigenvalue weighted by Gasteiger charge is -1.80. The van der Waals surface area contributed by atoms with Crippen LogP contribution in [0, 0.1) is 22.7 Å². The lowest BCUT2D eigenvalue weighted by molar-refractivity contribution is -0.137. The Bertz CT molecular complexity index is 139. The molecule has 0 heterocycles. The van der Waals surface area contributed by atoms with Crippen LogP contribution in [-0.2, 0) is 9.53 Å². The number of methoxy groups -OCH3 is 1. The Morgan fingerprint density at radius 2 is 1.67 bits per heavy atom. The van der Waals surface area contributed by atoms with E-state index in [1.807, 2.05) is 0 Å². The van der Waals surface area contributed by atoms with Gasteiger partial charge in [0.1, 0.15) is 0 Å². The molecule has 0 bridgehead atoms. The number of carbonyl (C=O) groups is 1. The molecule has 0 amide bonds. The molecule has 0 unspecified atom stereocenters. The summed E-state index contributed by atoms with van der Waals surface area (Å²) >= 11 is 0. The van der Waals surface area contributed by atoms with Crippen LogP contribution in [0.1, 0.15) is 6.92 Å². The largest absolute Gasteiger partial charge is 0.469 e. The van der Waals surface area contributed by atoms with Crippen LogP contribution in [0.4, 0.5) is 0 Å². The molecule has 0 aromatic carbocycles. The van der Waals surface area contributed by atoms with E-state index in [-0.39, 0.29) is 5.97 Å². The standard InChI is InChI=1S/C3H6O2.C2N2/c1-3(4)5-2;3-1-2-4/h1-2H3;. The number of ether oxygens (including phenoxy) is 1. The number of nitriles is 2. The van der Waals surface area contributed by atoms with Crippen molar-refractivity contribution in [1.82, 2.24) is 0 Å². The molecule has 4 nitrogen and oxygen atoms in total. The predicted octanol–water partition coefficient (Wildman–Crippen LogP) is 0.213. The van der Waals surface area contributed by atoms with Crippen LogP contribution in [0.15, 0.2) is 0 Å². The molecule has 0 fully saturated rings. The quantitative estimate of drug-likeness (QED) is 0.435. The molecule has 0 aliphatic rings. The van der Waals surface area contributed by atoms with Crippen molar-refractivity contribution in [2.45, 2.75) is 6.92 Å². The molecule has 0 aromatic heterocycles. The van der Waals surface area contributed by atoms with Gasteiger partial charge in [-0.2, -0.15) is 10.5 Å². The fourth-order valence-corrected chi connectivity index (χ4v) is 0. The monoisotopic (exact) mass is 126 g/mol. The van der Waals surface area contributed by atoms with Crippen LogP contribution in [-0.4, -0.2) is 13.1 Å². The van der Waals surface area contributed by atoms with Crippen molar-refractivity contribution < 1.29 is 9.53 Å². The Morgan fingerprint density at radius 3 is 1.67 bits per heavy atom. The van der Waals surface area contributed by atoms with Crippen molar-refractivity contribution in [1.29, 1.82) is 10.5 Å². The molecule has 0 rings (SSSR count). The molecule has 0 aromatic rings. The minimum absolute atomic E-state index is 0.245. The summed E-state index contributed by atoms with van der Waals surface area (Å²) in [4.78, 5) is 9.59. The first-order chi connectivity index (χ1) is 4.18. The third-order valence-corrected chi connectivity index (χ3v) is 0.337. The lowest BCUT2D eigenvalue weighted by atomic mass is 10.8. The van der Waals surface area contributed by atoms with Gasteiger partial charge in [-0.25, -0.2) is 0 Å². The summed E-state index contributed by atoms with van der Waals surface area (Å²) in [6.45, 7) is 1.36. The summed E-state index contributed by atoms with van der Waals surface area (Å²) < 4.78 is 4.11. The van der Waals surface area contributed by atoms with Gasteiger partial charge in [-0.1, -0.05) is 0 Å². The van der Waals surface area contributed by atoms with Crippen LogP contribution in [0.2, 0.25) is 0 Å². The topological polar surface area (TPSA) is 73.9 Å². The summed E-state index contributed by atoms with van der Waals surface area (Å²) in [6, 6.07) is 2.47. The SMILES string of the molecule is COC(C)=O.N#CC#N. The maximum Gasteiger partial charge on any atom is 0.302 e. The summed E-state index contributed by atoms with van der Waals surface area (Å²) in [5.74, 6) is -0.245. The third-order valence-electron chi connectivity index (χ3n) is 0.337. The highest BCUT2D eigenvalue weighted by Crippen LogP contribution is 1.60. The van der Waals surface area contributed by atoms with Crippen molar-refractivity contribution in [2.24, 2.45) is 0 Å². The van der Waals surface area contributed by atoms with Gasteiger partial charge >= 0.3 is 5.97 Å². The Balaban J connectivity index is 0. The molecular formula is C5H6N2O2. The zero-order valence-electron chi connectivity index (χ0n) is 5.21. The highest BCUT2D eigenvalue weighted by atomic mass is 16.5. The normalized spacial score (nSPS) is 4.89. The van der Waals surface area contributed by atoms with Crippen molar-refractivity contribution in [3.63, 3.8) is 0 Å². The summed E-state index contributed by atoms with van der Waals surface area (Å²) in [6.07, 6.45) is 0. The molecule has 0 aliphatic carbocycles. The molecule has 0 saturated carbocycles. The fraction of sp³-hybridized carbons (Fsp3) is 0.400. The van der Waals surface area contributed by atoms with Crippen molar-refractivity contribution in [2.75, 3.05) is 7.11 Å². The van der Waals surface area contributed by atoms with E-state index in [1.54, 1.807) is 0 Å². The van der Waals surface area contributed by atoms with Crippen LogP contribution in [0.3, 0.4) is 0 Å². The smallest absolute Gasteiger partial charge is 0.302 e. The van der Waals surface area contributed by atoms with Gasteiger partial charge in [-0.15, -0.1) is 0 Å². The number of nitrogens with zero attached hydrogens (tertiary/aromatic N) is 2. The Labute approximate surface area is 53.3 Å². The number of rotatable bonds is 0. The van der Waals surface area contributed by atoms with Crippen molar-refractivity contribution in [3.8, 4) is 12.1 Å². The van der Waals surface area contributed by atoms with E-state index < -0.39 is 0 Å². The molecule has 0 spiro atoms. The summed E-state index contributed by atoms with van der Waals surface area (Å²) in [7, 11) is 1.35. The van der Waals surface area contributed by atoms with Gasteiger partial charge in [0.2, 0.25) is 0 Å². The zero-order valence-corrected chi connectivity index (χ0v) is 5.21. The van der Waals surface area contributed by atoms with Gasteiger partial charge in [0.15, 0.2) is 12.1 Å². The van der Waals surface area contributed by atoms with Crippen LogP contribution in [0.25, 0.3) is 0 Å². The molecule has 0 aliphatic heterocycles. The predicted molar refractivity (Wildman–Crippen MR) is 28.9 cm³/mol. The first-order valence-electron chi connectivity index (χ1n) is 2.01. The van der Waals surface area contributed by atoms with Gasteiger partial charge in [-0.3, -0.25) is 4.79 Å². The molecule has 4 heteroatoms. The molecule has 0 atom stereocenters. The van der Waals surface area contributed by atoms with Gasteiger partial charge in [0.05, 0.1) is 7.11 Å².